The lowest BCUT2D eigenvalue weighted by molar-refractivity contribution is -0.133. The molecule has 0 saturated heterocycles. The molecular weight excluding hydrogens is 395 g/mol. The Morgan fingerprint density at radius 3 is 2.61 bits per heavy atom. The number of carbonyl (C=O) groups is 1. The summed E-state index contributed by atoms with van der Waals surface area (Å²) in [6.45, 7) is 9.21. The number of hydrogen-bond donors (Lipinski definition) is 1. The number of ether oxygens (including phenoxy) is 1. The van der Waals surface area contributed by atoms with Crippen LogP contribution < -0.4 is 4.74 Å². The van der Waals surface area contributed by atoms with Gasteiger partial charge in [0.05, 0.1) is 16.2 Å². The second kappa shape index (κ2) is 8.46. The lowest BCUT2D eigenvalue weighted by Gasteiger charge is -2.34. The Kier molecular flexibility index (Phi) is 6.68. The van der Waals surface area contributed by atoms with Gasteiger partial charge in [-0.15, -0.1) is 9.24 Å². The summed E-state index contributed by atoms with van der Waals surface area (Å²) in [5.74, 6) is -0.836. The van der Waals surface area contributed by atoms with Crippen molar-refractivity contribution >= 4 is 31.1 Å². The van der Waals surface area contributed by atoms with Crippen LogP contribution in [0.2, 0.25) is 0 Å². The highest BCUT2D eigenvalue weighted by atomic mass is 32.2. The maximum atomic E-state index is 12.8. The van der Waals surface area contributed by atoms with Crippen molar-refractivity contribution in [1.82, 2.24) is 0 Å². The van der Waals surface area contributed by atoms with Crippen molar-refractivity contribution in [2.45, 2.75) is 36.9 Å². The molecule has 0 spiro atoms. The first kappa shape index (κ1) is 22.1. The van der Waals surface area contributed by atoms with E-state index >= 15 is 0 Å². The van der Waals surface area contributed by atoms with Crippen LogP contribution in [-0.2, 0) is 14.6 Å². The molecule has 0 fully saturated rings. The van der Waals surface area contributed by atoms with Gasteiger partial charge in [0.15, 0.2) is 9.84 Å². The number of sulfone groups is 1. The molecule has 2 unspecified atom stereocenters. The Balaban J connectivity index is 2.47. The van der Waals surface area contributed by atoms with Gasteiger partial charge in [0, 0.05) is 10.7 Å². The molecule has 1 aliphatic heterocycles. The molecule has 0 bridgehead atoms. The number of benzene rings is 1. The highest BCUT2D eigenvalue weighted by Crippen LogP contribution is 2.38. The van der Waals surface area contributed by atoms with E-state index in [1.54, 1.807) is 24.3 Å². The zero-order chi connectivity index (χ0) is 21.1. The van der Waals surface area contributed by atoms with Gasteiger partial charge < -0.3 is 9.84 Å². The zero-order valence-corrected chi connectivity index (χ0v) is 18.1. The molecule has 5 nitrogen and oxygen atoms in total. The van der Waals surface area contributed by atoms with E-state index < -0.39 is 27.1 Å². The summed E-state index contributed by atoms with van der Waals surface area (Å²) in [6, 6.07) is 4.51. The first-order valence-corrected chi connectivity index (χ1v) is 10.9. The number of carboxylic acids is 1. The molecule has 150 valence electrons. The molecule has 1 N–H and O–H groups in total. The summed E-state index contributed by atoms with van der Waals surface area (Å²) in [4.78, 5) is 11.8. The third-order valence-electron chi connectivity index (χ3n) is 4.22. The molecule has 0 aromatic heterocycles. The fourth-order valence-electron chi connectivity index (χ4n) is 2.80. The summed E-state index contributed by atoms with van der Waals surface area (Å²) < 4.78 is 31.5. The van der Waals surface area contributed by atoms with Crippen LogP contribution in [0.1, 0.15) is 26.3 Å². The van der Waals surface area contributed by atoms with Crippen molar-refractivity contribution in [3.63, 3.8) is 0 Å². The molecule has 1 aromatic rings. The van der Waals surface area contributed by atoms with Crippen LogP contribution in [0.4, 0.5) is 0 Å². The summed E-state index contributed by atoms with van der Waals surface area (Å²) in [5.41, 5.74) is 1.09. The Bertz CT molecular complexity index is 979. The molecule has 0 aliphatic carbocycles. The van der Waals surface area contributed by atoms with Crippen molar-refractivity contribution < 1.29 is 23.1 Å². The van der Waals surface area contributed by atoms with Crippen molar-refractivity contribution in [3.05, 3.63) is 65.8 Å². The second-order valence-electron chi connectivity index (χ2n) is 7.15. The largest absolute Gasteiger partial charge is 0.484 e. The molecule has 0 radical (unpaired) electrons. The predicted molar refractivity (Wildman–Crippen MR) is 115 cm³/mol. The first-order chi connectivity index (χ1) is 13.0. The number of allylic oxidation sites excluding steroid dienone is 4. The van der Waals surface area contributed by atoms with E-state index in [4.69, 9.17) is 4.74 Å². The van der Waals surface area contributed by atoms with Gasteiger partial charge >= 0.3 is 5.97 Å². The molecule has 28 heavy (non-hydrogen) atoms. The molecule has 2 rings (SSSR count). The van der Waals surface area contributed by atoms with E-state index in [-0.39, 0.29) is 16.2 Å². The van der Waals surface area contributed by atoms with E-state index in [9.17, 15) is 18.3 Å². The van der Waals surface area contributed by atoms with E-state index in [1.807, 2.05) is 20.8 Å². The van der Waals surface area contributed by atoms with Gasteiger partial charge in [-0.25, -0.2) is 13.2 Å². The number of rotatable bonds is 7. The van der Waals surface area contributed by atoms with Gasteiger partial charge in [-0.2, -0.15) is 0 Å². The summed E-state index contributed by atoms with van der Waals surface area (Å²) in [6.07, 6.45) is 7.57. The van der Waals surface area contributed by atoms with Gasteiger partial charge in [0.2, 0.25) is 0 Å². The maximum Gasteiger partial charge on any atom is 0.335 e. The van der Waals surface area contributed by atoms with Crippen molar-refractivity contribution in [3.8, 4) is 5.75 Å². The SMILES string of the molecule is C=C/C(=C\C=C/C)CS(=O)(=O)c1ccc2c(c1)C=C(C(=O)O)C(C(C)(C)P)O2. The monoisotopic (exact) mass is 420 g/mol. The fraction of sp³-hybridized carbons (Fsp3) is 0.286. The molecule has 1 heterocycles. The lowest BCUT2D eigenvalue weighted by atomic mass is 9.93. The summed E-state index contributed by atoms with van der Waals surface area (Å²) in [5, 5.41) is 9.05. The second-order valence-corrected chi connectivity index (χ2v) is 10.6. The van der Waals surface area contributed by atoms with Gasteiger partial charge in [0.1, 0.15) is 11.9 Å². The van der Waals surface area contributed by atoms with Gasteiger partial charge in [-0.05, 0) is 36.8 Å². The first-order valence-electron chi connectivity index (χ1n) is 8.71. The lowest BCUT2D eigenvalue weighted by Crippen LogP contribution is -2.41. The van der Waals surface area contributed by atoms with Crippen LogP contribution in [0.3, 0.4) is 0 Å². The molecule has 2 atom stereocenters. The molecule has 0 saturated carbocycles. The van der Waals surface area contributed by atoms with Gasteiger partial charge in [-0.1, -0.05) is 44.7 Å². The maximum absolute atomic E-state index is 12.8. The Hall–Kier alpha value is -2.17. The molecule has 0 amide bonds. The van der Waals surface area contributed by atoms with Crippen molar-refractivity contribution in [2.75, 3.05) is 5.75 Å². The number of fused-ring (bicyclic) bond motifs is 1. The van der Waals surface area contributed by atoms with E-state index in [0.29, 0.717) is 16.9 Å². The van der Waals surface area contributed by atoms with Crippen molar-refractivity contribution in [1.29, 1.82) is 0 Å². The average Bonchev–Trinajstić information content (AvgIpc) is 2.62. The van der Waals surface area contributed by atoms with Crippen LogP contribution in [-0.4, -0.2) is 36.5 Å². The number of carboxylic acid groups (broad SMARTS) is 1. The molecular formula is C21H25O5PS. The molecule has 7 heteroatoms. The Labute approximate surface area is 168 Å². The minimum absolute atomic E-state index is 0.0850. The summed E-state index contributed by atoms with van der Waals surface area (Å²) in [7, 11) is -1.04. The van der Waals surface area contributed by atoms with Crippen LogP contribution >= 0.6 is 9.24 Å². The minimum Gasteiger partial charge on any atom is -0.484 e. The normalized spacial score (nSPS) is 17.6. The highest BCUT2D eigenvalue weighted by Gasteiger charge is 2.37. The van der Waals surface area contributed by atoms with E-state index in [1.165, 1.54) is 24.3 Å². The minimum atomic E-state index is -3.62. The topological polar surface area (TPSA) is 80.7 Å². The number of aliphatic carboxylic acids is 1. The standard InChI is InChI=1S/C21H25O5PS/c1-5-7-8-14(6-2)13-28(24,25)16-9-10-18-15(11-16)12-17(20(22)23)19(26-18)21(3,4)27/h5-12,19H,2,13,27H2,1,3-4H3,(H,22,23)/b7-5-,14-8+. The van der Waals surface area contributed by atoms with Gasteiger partial charge in [0.25, 0.3) is 0 Å². The van der Waals surface area contributed by atoms with Crippen molar-refractivity contribution in [2.24, 2.45) is 0 Å². The molecule has 1 aromatic carbocycles. The number of hydrogen-bond acceptors (Lipinski definition) is 4. The third-order valence-corrected chi connectivity index (χ3v) is 6.21. The van der Waals surface area contributed by atoms with E-state index in [2.05, 4.69) is 15.8 Å². The third kappa shape index (κ3) is 5.00. The smallest absolute Gasteiger partial charge is 0.335 e. The Morgan fingerprint density at radius 2 is 2.07 bits per heavy atom. The highest BCUT2D eigenvalue weighted by molar-refractivity contribution is 7.91. The van der Waals surface area contributed by atoms with Crippen LogP contribution in [0.15, 0.2) is 65.1 Å². The molecule has 1 aliphatic rings. The van der Waals surface area contributed by atoms with Crippen LogP contribution in [0, 0.1) is 0 Å². The quantitative estimate of drug-likeness (QED) is 0.532. The zero-order valence-electron chi connectivity index (χ0n) is 16.2. The van der Waals surface area contributed by atoms with Gasteiger partial charge in [-0.3, -0.25) is 0 Å². The van der Waals surface area contributed by atoms with Crippen LogP contribution in [0.25, 0.3) is 6.08 Å². The summed E-state index contributed by atoms with van der Waals surface area (Å²) >= 11 is 0. The predicted octanol–water partition coefficient (Wildman–Crippen LogP) is 4.03. The van der Waals surface area contributed by atoms with E-state index in [0.717, 1.165) is 0 Å². The van der Waals surface area contributed by atoms with Crippen LogP contribution in [0.5, 0.6) is 5.75 Å². The average molecular weight is 420 g/mol. The Morgan fingerprint density at radius 1 is 1.39 bits per heavy atom. The fourth-order valence-corrected chi connectivity index (χ4v) is 4.45.